The van der Waals surface area contributed by atoms with Crippen LogP contribution in [0.4, 0.5) is 24.9 Å². The summed E-state index contributed by atoms with van der Waals surface area (Å²) >= 11 is 0. The summed E-state index contributed by atoms with van der Waals surface area (Å²) in [6, 6.07) is -0.224. The Balaban J connectivity index is 2.20. The van der Waals surface area contributed by atoms with Crippen LogP contribution in [0.3, 0.4) is 0 Å². The number of hydrogen-bond acceptors (Lipinski definition) is 9. The summed E-state index contributed by atoms with van der Waals surface area (Å²) in [7, 11) is 0. The van der Waals surface area contributed by atoms with Gasteiger partial charge in [0.1, 0.15) is 17.2 Å². The molecule has 1 fully saturated rings. The van der Waals surface area contributed by atoms with Gasteiger partial charge in [-0.15, -0.1) is 0 Å². The number of hydrazone groups is 1. The fraction of sp³-hybridized carbons (Fsp3) is 0.471. The van der Waals surface area contributed by atoms with E-state index >= 15 is 0 Å². The van der Waals surface area contributed by atoms with Crippen LogP contribution in [0, 0.1) is 10.8 Å². The van der Waals surface area contributed by atoms with E-state index in [1.807, 2.05) is 0 Å². The van der Waals surface area contributed by atoms with Crippen LogP contribution in [0.2, 0.25) is 0 Å². The third-order valence-corrected chi connectivity index (χ3v) is 3.81. The molecule has 158 valence electrons. The highest BCUT2D eigenvalue weighted by Crippen LogP contribution is 2.33. The van der Waals surface area contributed by atoms with Gasteiger partial charge in [-0.25, -0.2) is 4.98 Å². The number of rotatable bonds is 11. The molecule has 1 aromatic heterocycles. The maximum Gasteiger partial charge on any atom is 0.421 e. The Labute approximate surface area is 166 Å². The van der Waals surface area contributed by atoms with E-state index in [4.69, 9.17) is 10.8 Å². The Bertz CT molecular complexity index is 785. The molecule has 9 nitrogen and oxygen atoms in total. The maximum atomic E-state index is 13.1. The molecule has 1 atom stereocenters. The molecule has 0 radical (unpaired) electrons. The minimum Gasteiger partial charge on any atom is -0.370 e. The molecular formula is C17H24F3N9. The van der Waals surface area contributed by atoms with Crippen LogP contribution in [0.5, 0.6) is 0 Å². The molecular weight excluding hydrogens is 387 g/mol. The van der Waals surface area contributed by atoms with Crippen molar-refractivity contribution in [1.82, 2.24) is 20.7 Å². The average Bonchev–Trinajstić information content (AvgIpc) is 3.45. The van der Waals surface area contributed by atoms with Crippen LogP contribution in [0.25, 0.3) is 0 Å². The fourth-order valence-corrected chi connectivity index (χ4v) is 2.18. The molecule has 2 rings (SSSR count). The van der Waals surface area contributed by atoms with Crippen molar-refractivity contribution in [3.63, 3.8) is 0 Å². The van der Waals surface area contributed by atoms with E-state index < -0.39 is 17.8 Å². The molecule has 0 unspecified atom stereocenters. The first-order valence-electron chi connectivity index (χ1n) is 9.04. The van der Waals surface area contributed by atoms with Crippen LogP contribution in [-0.2, 0) is 6.18 Å². The number of nitrogens with zero attached hydrogens (tertiary/aromatic N) is 3. The van der Waals surface area contributed by atoms with Gasteiger partial charge in [0.25, 0.3) is 0 Å². The van der Waals surface area contributed by atoms with Gasteiger partial charge in [-0.3, -0.25) is 0 Å². The number of nitrogens with one attached hydrogen (secondary N) is 6. The lowest BCUT2D eigenvalue weighted by Crippen LogP contribution is -2.31. The molecule has 1 heterocycles. The standard InChI is InChI=1S/C17H24F3N9/c1-3-23-15-12(17(18,19)20)9-24-16(28-15)27-14(26-11-4-5-11)8-13(22)10(2)29-25-7-6-21/h6-11,21-22,26,29H,3-5H2,1-2H3,(H2,23,24,27,28)/b14-8+,21-6?,22-13?,25-7-/t10-/m1/s1. The first kappa shape index (κ1) is 22.1. The van der Waals surface area contributed by atoms with Crippen molar-refractivity contribution < 1.29 is 13.2 Å². The predicted octanol–water partition coefficient (Wildman–Crippen LogP) is 2.57. The molecule has 6 N–H and O–H groups in total. The second-order valence-electron chi connectivity index (χ2n) is 6.34. The quantitative estimate of drug-likeness (QED) is 0.245. The molecule has 0 bridgehead atoms. The molecule has 1 aliphatic rings. The summed E-state index contributed by atoms with van der Waals surface area (Å²) in [4.78, 5) is 7.71. The van der Waals surface area contributed by atoms with Crippen LogP contribution in [0.1, 0.15) is 32.3 Å². The van der Waals surface area contributed by atoms with Crippen molar-refractivity contribution in [2.45, 2.75) is 44.9 Å². The largest absolute Gasteiger partial charge is 0.421 e. The molecule has 29 heavy (non-hydrogen) atoms. The van der Waals surface area contributed by atoms with Gasteiger partial charge in [-0.1, -0.05) is 0 Å². The van der Waals surface area contributed by atoms with Crippen molar-refractivity contribution in [3.05, 3.63) is 23.7 Å². The Morgan fingerprint density at radius 2 is 2.14 bits per heavy atom. The summed E-state index contributed by atoms with van der Waals surface area (Å²) in [5.74, 6) is 0.0716. The van der Waals surface area contributed by atoms with Gasteiger partial charge < -0.3 is 32.2 Å². The summed E-state index contributed by atoms with van der Waals surface area (Å²) in [6.07, 6.45) is 1.83. The number of aromatic nitrogens is 2. The summed E-state index contributed by atoms with van der Waals surface area (Å²) in [6.45, 7) is 3.66. The van der Waals surface area contributed by atoms with Gasteiger partial charge in [-0.2, -0.15) is 23.3 Å². The van der Waals surface area contributed by atoms with Crippen LogP contribution in [-0.4, -0.2) is 46.7 Å². The fourth-order valence-electron chi connectivity index (χ4n) is 2.18. The molecule has 0 spiro atoms. The predicted molar refractivity (Wildman–Crippen MR) is 107 cm³/mol. The van der Waals surface area contributed by atoms with Crippen LogP contribution >= 0.6 is 0 Å². The molecule has 1 aromatic rings. The SMILES string of the molecule is CCNc1nc(N/C(=C/C(=N)[C@@H](C)N/N=C\C=N)NC2CC2)ncc1C(F)(F)F. The van der Waals surface area contributed by atoms with E-state index in [0.717, 1.165) is 25.3 Å². The lowest BCUT2D eigenvalue weighted by Gasteiger charge is -2.17. The highest BCUT2D eigenvalue weighted by Gasteiger charge is 2.35. The second kappa shape index (κ2) is 9.85. The van der Waals surface area contributed by atoms with E-state index in [0.29, 0.717) is 5.82 Å². The highest BCUT2D eigenvalue weighted by molar-refractivity contribution is 6.14. The summed E-state index contributed by atoms with van der Waals surface area (Å²) < 4.78 is 39.3. The van der Waals surface area contributed by atoms with E-state index in [1.54, 1.807) is 13.8 Å². The van der Waals surface area contributed by atoms with Gasteiger partial charge in [0.15, 0.2) is 0 Å². The molecule has 0 amide bonds. The minimum absolute atomic E-state index is 0.0245. The molecule has 0 saturated heterocycles. The zero-order valence-corrected chi connectivity index (χ0v) is 16.1. The van der Waals surface area contributed by atoms with Crippen LogP contribution in [0.15, 0.2) is 23.2 Å². The molecule has 1 saturated carbocycles. The number of anilines is 2. The molecule has 1 aliphatic carbocycles. The first-order valence-corrected chi connectivity index (χ1v) is 9.04. The van der Waals surface area contributed by atoms with E-state index in [2.05, 4.69) is 36.4 Å². The van der Waals surface area contributed by atoms with Gasteiger partial charge in [0.2, 0.25) is 5.95 Å². The smallest absolute Gasteiger partial charge is 0.370 e. The molecule has 0 aliphatic heterocycles. The van der Waals surface area contributed by atoms with E-state index in [-0.39, 0.29) is 30.1 Å². The molecule has 0 aromatic carbocycles. The lowest BCUT2D eigenvalue weighted by molar-refractivity contribution is -0.137. The topological polar surface area (TPSA) is 134 Å². The van der Waals surface area contributed by atoms with E-state index in [9.17, 15) is 13.2 Å². The molecule has 12 heteroatoms. The summed E-state index contributed by atoms with van der Waals surface area (Å²) in [5, 5.41) is 27.5. The lowest BCUT2D eigenvalue weighted by atomic mass is 10.2. The average molecular weight is 411 g/mol. The third-order valence-electron chi connectivity index (χ3n) is 3.81. The van der Waals surface area contributed by atoms with Crippen molar-refractivity contribution in [2.75, 3.05) is 17.2 Å². The second-order valence-corrected chi connectivity index (χ2v) is 6.34. The zero-order valence-electron chi connectivity index (χ0n) is 16.1. The highest BCUT2D eigenvalue weighted by atomic mass is 19.4. The maximum absolute atomic E-state index is 13.1. The van der Waals surface area contributed by atoms with Crippen molar-refractivity contribution in [1.29, 1.82) is 10.8 Å². The van der Waals surface area contributed by atoms with Crippen molar-refractivity contribution in [3.8, 4) is 0 Å². The number of halogens is 3. The first-order chi connectivity index (χ1) is 13.7. The van der Waals surface area contributed by atoms with Gasteiger partial charge in [0, 0.05) is 31.1 Å². The number of alkyl halides is 3. The Kier molecular flexibility index (Phi) is 7.51. The Morgan fingerprint density at radius 1 is 1.41 bits per heavy atom. The Morgan fingerprint density at radius 3 is 2.72 bits per heavy atom. The third kappa shape index (κ3) is 7.05. The zero-order chi connectivity index (χ0) is 21.4. The number of hydrogen-bond donors (Lipinski definition) is 6. The summed E-state index contributed by atoms with van der Waals surface area (Å²) in [5.41, 5.74) is 1.92. The normalized spacial score (nSPS) is 15.7. The Hall–Kier alpha value is -3.18. The van der Waals surface area contributed by atoms with Gasteiger partial charge in [0.05, 0.1) is 18.0 Å². The van der Waals surface area contributed by atoms with Crippen LogP contribution < -0.4 is 21.4 Å². The van der Waals surface area contributed by atoms with Gasteiger partial charge >= 0.3 is 6.18 Å². The van der Waals surface area contributed by atoms with Crippen molar-refractivity contribution >= 4 is 29.9 Å². The van der Waals surface area contributed by atoms with Crippen molar-refractivity contribution in [2.24, 2.45) is 5.10 Å². The minimum atomic E-state index is -4.57. The van der Waals surface area contributed by atoms with Gasteiger partial charge in [-0.05, 0) is 26.7 Å². The van der Waals surface area contributed by atoms with E-state index in [1.165, 1.54) is 12.3 Å². The monoisotopic (exact) mass is 411 g/mol.